The SMILES string of the molecule is CCCC(NCc1ccc(CC)o1)c1ccccc1. The van der Waals surface area contributed by atoms with Crippen LogP contribution < -0.4 is 5.32 Å². The van der Waals surface area contributed by atoms with Gasteiger partial charge in [0.05, 0.1) is 6.54 Å². The predicted octanol–water partition coefficient (Wildman–Crippen LogP) is 4.47. The molecule has 0 aliphatic carbocycles. The monoisotopic (exact) mass is 257 g/mol. The Kier molecular flexibility index (Phi) is 5.22. The Bertz CT molecular complexity index is 475. The fourth-order valence-corrected chi connectivity index (χ4v) is 2.29. The van der Waals surface area contributed by atoms with Gasteiger partial charge in [-0.25, -0.2) is 0 Å². The van der Waals surface area contributed by atoms with E-state index in [2.05, 4.69) is 61.6 Å². The largest absolute Gasteiger partial charge is 0.465 e. The molecular weight excluding hydrogens is 234 g/mol. The maximum atomic E-state index is 5.73. The smallest absolute Gasteiger partial charge is 0.117 e. The molecule has 1 atom stereocenters. The van der Waals surface area contributed by atoms with Crippen molar-refractivity contribution in [2.45, 2.75) is 45.7 Å². The Morgan fingerprint density at radius 1 is 1.00 bits per heavy atom. The van der Waals surface area contributed by atoms with E-state index in [1.165, 1.54) is 12.0 Å². The van der Waals surface area contributed by atoms with Gasteiger partial charge in [0.1, 0.15) is 11.5 Å². The summed E-state index contributed by atoms with van der Waals surface area (Å²) in [4.78, 5) is 0. The molecule has 102 valence electrons. The van der Waals surface area contributed by atoms with Crippen LogP contribution in [0.3, 0.4) is 0 Å². The first-order valence-electron chi connectivity index (χ1n) is 7.19. The van der Waals surface area contributed by atoms with Crippen LogP contribution in [-0.2, 0) is 13.0 Å². The van der Waals surface area contributed by atoms with Gasteiger partial charge < -0.3 is 9.73 Å². The van der Waals surface area contributed by atoms with E-state index < -0.39 is 0 Å². The number of furan rings is 1. The van der Waals surface area contributed by atoms with Crippen LogP contribution in [0.15, 0.2) is 46.9 Å². The van der Waals surface area contributed by atoms with Crippen molar-refractivity contribution in [1.29, 1.82) is 0 Å². The average Bonchev–Trinajstić information content (AvgIpc) is 2.92. The lowest BCUT2D eigenvalue weighted by Crippen LogP contribution is -2.20. The van der Waals surface area contributed by atoms with Gasteiger partial charge in [-0.2, -0.15) is 0 Å². The van der Waals surface area contributed by atoms with Gasteiger partial charge in [-0.3, -0.25) is 0 Å². The van der Waals surface area contributed by atoms with Crippen LogP contribution in [0.5, 0.6) is 0 Å². The standard InChI is InChI=1S/C17H23NO/c1-3-8-17(14-9-6-5-7-10-14)18-13-16-12-11-15(4-2)19-16/h5-7,9-12,17-18H,3-4,8,13H2,1-2H3. The van der Waals surface area contributed by atoms with Crippen LogP contribution in [0.1, 0.15) is 49.8 Å². The maximum absolute atomic E-state index is 5.73. The molecule has 0 aliphatic heterocycles. The molecule has 1 heterocycles. The zero-order valence-corrected chi connectivity index (χ0v) is 11.9. The molecule has 1 aromatic carbocycles. The van der Waals surface area contributed by atoms with Crippen LogP contribution in [0.2, 0.25) is 0 Å². The minimum absolute atomic E-state index is 0.404. The lowest BCUT2D eigenvalue weighted by atomic mass is 10.0. The van der Waals surface area contributed by atoms with Crippen LogP contribution in [0, 0.1) is 0 Å². The van der Waals surface area contributed by atoms with Crippen LogP contribution in [-0.4, -0.2) is 0 Å². The molecule has 0 fully saturated rings. The van der Waals surface area contributed by atoms with E-state index >= 15 is 0 Å². The summed E-state index contributed by atoms with van der Waals surface area (Å²) in [7, 11) is 0. The molecule has 1 N–H and O–H groups in total. The van der Waals surface area contributed by atoms with E-state index in [9.17, 15) is 0 Å². The molecule has 2 aromatic rings. The summed E-state index contributed by atoms with van der Waals surface area (Å²) in [5.74, 6) is 2.08. The van der Waals surface area contributed by atoms with Gasteiger partial charge in [0, 0.05) is 12.5 Å². The Morgan fingerprint density at radius 2 is 1.74 bits per heavy atom. The Hall–Kier alpha value is -1.54. The second-order valence-electron chi connectivity index (χ2n) is 4.85. The molecule has 19 heavy (non-hydrogen) atoms. The van der Waals surface area contributed by atoms with Gasteiger partial charge in [-0.05, 0) is 24.1 Å². The van der Waals surface area contributed by atoms with Gasteiger partial charge in [0.15, 0.2) is 0 Å². The van der Waals surface area contributed by atoms with Crippen LogP contribution >= 0.6 is 0 Å². The van der Waals surface area contributed by atoms with Crippen molar-refractivity contribution in [3.8, 4) is 0 Å². The lowest BCUT2D eigenvalue weighted by Gasteiger charge is -2.17. The zero-order chi connectivity index (χ0) is 13.5. The van der Waals surface area contributed by atoms with Crippen LogP contribution in [0.4, 0.5) is 0 Å². The fourth-order valence-electron chi connectivity index (χ4n) is 2.29. The van der Waals surface area contributed by atoms with Gasteiger partial charge in [0.25, 0.3) is 0 Å². The molecule has 1 aromatic heterocycles. The molecule has 0 aliphatic rings. The normalized spacial score (nSPS) is 12.5. The zero-order valence-electron chi connectivity index (χ0n) is 11.9. The van der Waals surface area contributed by atoms with E-state index in [0.29, 0.717) is 6.04 Å². The van der Waals surface area contributed by atoms with Crippen molar-refractivity contribution < 1.29 is 4.42 Å². The summed E-state index contributed by atoms with van der Waals surface area (Å²) in [6.45, 7) is 5.12. The fraction of sp³-hybridized carbons (Fsp3) is 0.412. The highest BCUT2D eigenvalue weighted by atomic mass is 16.3. The summed E-state index contributed by atoms with van der Waals surface area (Å²) >= 11 is 0. The maximum Gasteiger partial charge on any atom is 0.117 e. The molecule has 2 nitrogen and oxygen atoms in total. The third-order valence-electron chi connectivity index (χ3n) is 3.37. The van der Waals surface area contributed by atoms with E-state index in [4.69, 9.17) is 4.42 Å². The first-order valence-corrected chi connectivity index (χ1v) is 7.19. The van der Waals surface area contributed by atoms with Gasteiger partial charge in [0.2, 0.25) is 0 Å². The van der Waals surface area contributed by atoms with Gasteiger partial charge in [-0.1, -0.05) is 50.6 Å². The number of nitrogens with one attached hydrogen (secondary N) is 1. The molecule has 2 rings (SSSR count). The molecule has 1 unspecified atom stereocenters. The summed E-state index contributed by atoms with van der Waals surface area (Å²) in [6.07, 6.45) is 3.27. The van der Waals surface area contributed by atoms with E-state index in [1.54, 1.807) is 0 Å². The summed E-state index contributed by atoms with van der Waals surface area (Å²) in [5.41, 5.74) is 1.35. The molecule has 0 radical (unpaired) electrons. The number of aryl methyl sites for hydroxylation is 1. The summed E-state index contributed by atoms with van der Waals surface area (Å²) in [5, 5.41) is 3.60. The topological polar surface area (TPSA) is 25.2 Å². The minimum atomic E-state index is 0.404. The van der Waals surface area contributed by atoms with E-state index in [0.717, 1.165) is 30.9 Å². The third-order valence-corrected chi connectivity index (χ3v) is 3.37. The number of rotatable bonds is 7. The van der Waals surface area contributed by atoms with E-state index in [1.807, 2.05) is 0 Å². The van der Waals surface area contributed by atoms with Crippen molar-refractivity contribution in [1.82, 2.24) is 5.32 Å². The summed E-state index contributed by atoms with van der Waals surface area (Å²) < 4.78 is 5.73. The quantitative estimate of drug-likeness (QED) is 0.791. The van der Waals surface area contributed by atoms with Crippen molar-refractivity contribution in [3.05, 3.63) is 59.5 Å². The predicted molar refractivity (Wildman–Crippen MR) is 79.0 cm³/mol. The van der Waals surface area contributed by atoms with Crippen molar-refractivity contribution >= 4 is 0 Å². The Labute approximate surface area is 115 Å². The first-order chi connectivity index (χ1) is 9.33. The highest BCUT2D eigenvalue weighted by molar-refractivity contribution is 5.19. The van der Waals surface area contributed by atoms with Crippen LogP contribution in [0.25, 0.3) is 0 Å². The molecule has 0 amide bonds. The van der Waals surface area contributed by atoms with Gasteiger partial charge in [-0.15, -0.1) is 0 Å². The number of benzene rings is 1. The van der Waals surface area contributed by atoms with Crippen molar-refractivity contribution in [2.24, 2.45) is 0 Å². The second kappa shape index (κ2) is 7.15. The molecule has 0 saturated heterocycles. The lowest BCUT2D eigenvalue weighted by molar-refractivity contribution is 0.417. The molecular formula is C17H23NO. The first kappa shape index (κ1) is 13.9. The summed E-state index contributed by atoms with van der Waals surface area (Å²) in [6, 6.07) is 15.2. The molecule has 0 saturated carbocycles. The van der Waals surface area contributed by atoms with E-state index in [-0.39, 0.29) is 0 Å². The average molecular weight is 257 g/mol. The third kappa shape index (κ3) is 3.97. The second-order valence-corrected chi connectivity index (χ2v) is 4.85. The molecule has 0 bridgehead atoms. The highest BCUT2D eigenvalue weighted by Gasteiger charge is 2.10. The highest BCUT2D eigenvalue weighted by Crippen LogP contribution is 2.19. The minimum Gasteiger partial charge on any atom is -0.465 e. The molecule has 0 spiro atoms. The number of hydrogen-bond donors (Lipinski definition) is 1. The Balaban J connectivity index is 1.97. The number of hydrogen-bond acceptors (Lipinski definition) is 2. The van der Waals surface area contributed by atoms with Gasteiger partial charge >= 0.3 is 0 Å². The Morgan fingerprint density at radius 3 is 2.37 bits per heavy atom. The van der Waals surface area contributed by atoms with Crippen molar-refractivity contribution in [2.75, 3.05) is 0 Å². The molecule has 2 heteroatoms. The van der Waals surface area contributed by atoms with Crippen molar-refractivity contribution in [3.63, 3.8) is 0 Å².